The summed E-state index contributed by atoms with van der Waals surface area (Å²) in [7, 11) is 1.25. The van der Waals surface area contributed by atoms with Gasteiger partial charge in [-0.25, -0.2) is 13.5 Å². The number of hydrogen-bond donors (Lipinski definition) is 0. The van der Waals surface area contributed by atoms with Gasteiger partial charge >= 0.3 is 0 Å². The zero-order chi connectivity index (χ0) is 16.3. The molecule has 1 aromatic heterocycles. The van der Waals surface area contributed by atoms with Crippen LogP contribution < -0.4 is 14.9 Å². The molecule has 1 heterocycles. The maximum Gasteiger partial charge on any atom is 0.252 e. The topological polar surface area (TPSA) is 70.4 Å². The van der Waals surface area contributed by atoms with Gasteiger partial charge in [0.15, 0.2) is 23.0 Å². The number of ketones is 1. The first kappa shape index (κ1) is 15.6. The van der Waals surface area contributed by atoms with Crippen molar-refractivity contribution < 1.29 is 23.0 Å². The molecule has 1 aromatic carbocycles. The van der Waals surface area contributed by atoms with Crippen molar-refractivity contribution in [2.75, 3.05) is 14.0 Å². The number of hydrogen-bond acceptors (Lipinski definition) is 5. The van der Waals surface area contributed by atoms with Crippen LogP contribution in [0.15, 0.2) is 29.2 Å². The highest BCUT2D eigenvalue weighted by atomic mass is 19.1. The van der Waals surface area contributed by atoms with E-state index in [0.717, 1.165) is 16.9 Å². The number of carbonyl (C=O) groups excluding carboxylic acids is 1. The fourth-order valence-corrected chi connectivity index (χ4v) is 1.79. The van der Waals surface area contributed by atoms with Crippen molar-refractivity contribution in [3.05, 3.63) is 46.1 Å². The average Bonchev–Trinajstić information content (AvgIpc) is 2.48. The van der Waals surface area contributed by atoms with Gasteiger partial charge in [0.05, 0.1) is 13.3 Å². The first-order valence-corrected chi connectivity index (χ1v) is 6.15. The number of rotatable bonds is 5. The van der Waals surface area contributed by atoms with Crippen molar-refractivity contribution in [1.82, 2.24) is 9.78 Å². The summed E-state index contributed by atoms with van der Waals surface area (Å²) >= 11 is 0. The van der Waals surface area contributed by atoms with Gasteiger partial charge in [-0.2, -0.15) is 5.10 Å². The number of Topliss-reactive ketones (excluding diaryl/α,β-unsaturated/α-hetero) is 1. The third-order valence-electron chi connectivity index (χ3n) is 2.83. The molecule has 0 aliphatic heterocycles. The predicted octanol–water partition coefficient (Wildman–Crippen LogP) is 1.89. The van der Waals surface area contributed by atoms with Crippen LogP contribution in [-0.2, 0) is 0 Å². The van der Waals surface area contributed by atoms with E-state index in [-0.39, 0.29) is 22.9 Å². The van der Waals surface area contributed by atoms with Gasteiger partial charge in [0, 0.05) is 13.0 Å². The van der Waals surface area contributed by atoms with Crippen molar-refractivity contribution in [2.45, 2.75) is 6.92 Å². The van der Waals surface area contributed by atoms with Crippen molar-refractivity contribution in [2.24, 2.45) is 0 Å². The van der Waals surface area contributed by atoms with Gasteiger partial charge in [-0.15, -0.1) is 0 Å². The molecule has 2 aromatic rings. The molecule has 0 spiro atoms. The van der Waals surface area contributed by atoms with Crippen LogP contribution in [0.25, 0.3) is 5.69 Å². The summed E-state index contributed by atoms with van der Waals surface area (Å²) in [4.78, 5) is 23.3. The first-order chi connectivity index (χ1) is 10.5. The molecule has 0 unspecified atom stereocenters. The summed E-state index contributed by atoms with van der Waals surface area (Å²) in [6.45, 7) is 0.0828. The lowest BCUT2D eigenvalue weighted by Crippen LogP contribution is -2.22. The van der Waals surface area contributed by atoms with Gasteiger partial charge in [-0.1, -0.05) is 0 Å². The number of aromatic nitrogens is 2. The Bertz CT molecular complexity index is 774. The Kier molecular flexibility index (Phi) is 4.50. The van der Waals surface area contributed by atoms with Crippen LogP contribution in [0.4, 0.5) is 8.78 Å². The molecule has 0 saturated heterocycles. The first-order valence-electron chi connectivity index (χ1n) is 6.15. The third-order valence-corrected chi connectivity index (χ3v) is 2.83. The summed E-state index contributed by atoms with van der Waals surface area (Å²) in [6, 6.07) is 3.58. The number of methoxy groups -OCH3 is 1. The quantitative estimate of drug-likeness (QED) is 0.789. The molecule has 0 aliphatic carbocycles. The predicted molar refractivity (Wildman–Crippen MR) is 73.0 cm³/mol. The zero-order valence-electron chi connectivity index (χ0n) is 11.8. The van der Waals surface area contributed by atoms with Crippen LogP contribution in [0.3, 0.4) is 0 Å². The molecule has 116 valence electrons. The second kappa shape index (κ2) is 6.33. The second-order valence-corrected chi connectivity index (χ2v) is 4.24. The fraction of sp³-hybridized carbons (Fsp3) is 0.214. The monoisotopic (exact) mass is 310 g/mol. The van der Waals surface area contributed by atoms with E-state index < -0.39 is 23.9 Å². The molecular weight excluding hydrogens is 298 g/mol. The molecule has 22 heavy (non-hydrogen) atoms. The van der Waals surface area contributed by atoms with E-state index in [4.69, 9.17) is 4.74 Å². The Morgan fingerprint density at radius 3 is 2.68 bits per heavy atom. The molecule has 6 nitrogen and oxygen atoms in total. The molecule has 2 rings (SSSR count). The highest BCUT2D eigenvalue weighted by Crippen LogP contribution is 2.20. The van der Waals surface area contributed by atoms with E-state index in [1.54, 1.807) is 0 Å². The number of halogens is 2. The Morgan fingerprint density at radius 2 is 2.14 bits per heavy atom. The van der Waals surface area contributed by atoms with Crippen molar-refractivity contribution in [3.8, 4) is 17.2 Å². The lowest BCUT2D eigenvalue weighted by Gasteiger charge is -2.11. The Balaban J connectivity index is 2.60. The maximum atomic E-state index is 14.1. The van der Waals surface area contributed by atoms with Crippen LogP contribution >= 0.6 is 0 Å². The van der Waals surface area contributed by atoms with E-state index in [2.05, 4.69) is 9.84 Å². The smallest absolute Gasteiger partial charge is 0.252 e. The Morgan fingerprint density at radius 1 is 1.41 bits per heavy atom. The highest BCUT2D eigenvalue weighted by molar-refractivity contribution is 5.92. The highest BCUT2D eigenvalue weighted by Gasteiger charge is 2.16. The summed E-state index contributed by atoms with van der Waals surface area (Å²) in [5, 5.41) is 3.81. The van der Waals surface area contributed by atoms with E-state index in [9.17, 15) is 18.4 Å². The molecular formula is C14H12F2N2O4. The van der Waals surface area contributed by atoms with Crippen molar-refractivity contribution in [1.29, 1.82) is 0 Å². The van der Waals surface area contributed by atoms with Crippen LogP contribution in [0.5, 0.6) is 11.5 Å². The van der Waals surface area contributed by atoms with E-state index in [1.807, 2.05) is 0 Å². The molecule has 0 bridgehead atoms. The lowest BCUT2D eigenvalue weighted by molar-refractivity contribution is 0.100. The van der Waals surface area contributed by atoms with Gasteiger partial charge < -0.3 is 9.47 Å². The average molecular weight is 310 g/mol. The number of benzene rings is 1. The van der Waals surface area contributed by atoms with Crippen LogP contribution in [0, 0.1) is 5.82 Å². The van der Waals surface area contributed by atoms with Crippen molar-refractivity contribution >= 4 is 5.78 Å². The molecule has 0 aliphatic rings. The fourth-order valence-electron chi connectivity index (χ4n) is 1.79. The molecule has 8 heteroatoms. The van der Waals surface area contributed by atoms with Gasteiger partial charge in [-0.05, 0) is 12.1 Å². The summed E-state index contributed by atoms with van der Waals surface area (Å²) in [6.07, 6.45) is 1.16. The van der Waals surface area contributed by atoms with Crippen LogP contribution in [0.1, 0.15) is 17.4 Å². The van der Waals surface area contributed by atoms with Crippen molar-refractivity contribution in [3.63, 3.8) is 0 Å². The summed E-state index contributed by atoms with van der Waals surface area (Å²) in [5.74, 6) is -1.48. The minimum atomic E-state index is -1.09. The van der Waals surface area contributed by atoms with Gasteiger partial charge in [-0.3, -0.25) is 9.59 Å². The third kappa shape index (κ3) is 2.95. The Labute approximate surface area is 123 Å². The van der Waals surface area contributed by atoms with Gasteiger partial charge in [0.1, 0.15) is 11.4 Å². The minimum Gasteiger partial charge on any atom is -0.491 e. The molecule has 0 radical (unpaired) electrons. The standard InChI is InChI=1S/C14H12F2N2O4/c1-8(19)13-14(20)12(21-2)6-18(17-13)11-4-3-9(22-7-15)5-10(11)16/h3-6H,7H2,1-2H3. The summed E-state index contributed by atoms with van der Waals surface area (Å²) < 4.78 is 36.6. The van der Waals surface area contributed by atoms with E-state index in [0.29, 0.717) is 0 Å². The normalized spacial score (nSPS) is 10.4. The Hall–Kier alpha value is -2.77. The van der Waals surface area contributed by atoms with Gasteiger partial charge in [0.2, 0.25) is 6.86 Å². The van der Waals surface area contributed by atoms with Gasteiger partial charge in [0.25, 0.3) is 5.43 Å². The molecule has 0 saturated carbocycles. The van der Waals surface area contributed by atoms with Crippen LogP contribution in [-0.4, -0.2) is 29.5 Å². The lowest BCUT2D eigenvalue weighted by atomic mass is 10.2. The van der Waals surface area contributed by atoms with Crippen LogP contribution in [0.2, 0.25) is 0 Å². The maximum absolute atomic E-state index is 14.1. The second-order valence-electron chi connectivity index (χ2n) is 4.24. The number of carbonyl (C=O) groups is 1. The van der Waals surface area contributed by atoms with E-state index in [1.165, 1.54) is 26.2 Å². The molecule has 0 N–H and O–H groups in total. The van der Waals surface area contributed by atoms with E-state index >= 15 is 0 Å². The molecule has 0 fully saturated rings. The largest absolute Gasteiger partial charge is 0.491 e. The zero-order valence-corrected chi connectivity index (χ0v) is 11.8. The molecule has 0 atom stereocenters. The number of alkyl halides is 1. The summed E-state index contributed by atoms with van der Waals surface area (Å²) in [5.41, 5.74) is -1.10. The number of nitrogens with zero attached hydrogens (tertiary/aromatic N) is 2. The molecule has 0 amide bonds. The number of ether oxygens (including phenoxy) is 2. The minimum absolute atomic E-state index is 0.00329. The SMILES string of the molecule is COc1cn(-c2ccc(OCF)cc2F)nc(C(C)=O)c1=O.